The molecule has 1 aromatic rings. The quantitative estimate of drug-likeness (QED) is 0.431. The van der Waals surface area contributed by atoms with E-state index in [0.717, 1.165) is 64.1 Å². The second kappa shape index (κ2) is 9.31. The standard InChI is InChI=1S/C21H34N4O2/c1-4-27-16-11-21(9-10-21)17-23-20(22-2)25-14-12-24(13-15-25)18-7-5-6-8-19(18)26-3/h5-8H,4,9-17H2,1-3H3,(H,22,23). The van der Waals surface area contributed by atoms with Crippen LogP contribution in [0.5, 0.6) is 5.75 Å². The summed E-state index contributed by atoms with van der Waals surface area (Å²) in [4.78, 5) is 9.29. The Morgan fingerprint density at radius 1 is 1.19 bits per heavy atom. The van der Waals surface area contributed by atoms with Gasteiger partial charge in [0.1, 0.15) is 5.75 Å². The fraction of sp³-hybridized carbons (Fsp3) is 0.667. The minimum absolute atomic E-state index is 0.421. The normalized spacial score (nSPS) is 19.1. The molecule has 1 heterocycles. The molecule has 0 bridgehead atoms. The number of rotatable bonds is 8. The Morgan fingerprint density at radius 2 is 1.93 bits per heavy atom. The minimum atomic E-state index is 0.421. The number of methoxy groups -OCH3 is 1. The van der Waals surface area contributed by atoms with E-state index in [0.29, 0.717) is 5.41 Å². The zero-order chi connectivity index (χ0) is 19.1. The molecular formula is C21H34N4O2. The maximum absolute atomic E-state index is 5.55. The van der Waals surface area contributed by atoms with Gasteiger partial charge in [-0.05, 0) is 43.7 Å². The monoisotopic (exact) mass is 374 g/mol. The molecule has 1 aliphatic carbocycles. The molecule has 2 aliphatic rings. The first kappa shape index (κ1) is 19.8. The minimum Gasteiger partial charge on any atom is -0.495 e. The third kappa shape index (κ3) is 5.06. The van der Waals surface area contributed by atoms with Gasteiger partial charge in [-0.1, -0.05) is 12.1 Å². The van der Waals surface area contributed by atoms with Gasteiger partial charge in [-0.3, -0.25) is 4.99 Å². The van der Waals surface area contributed by atoms with Crippen molar-refractivity contribution in [3.63, 3.8) is 0 Å². The number of aliphatic imine (C=N–C) groups is 1. The second-order valence-electron chi connectivity index (χ2n) is 7.49. The van der Waals surface area contributed by atoms with Gasteiger partial charge in [0.15, 0.2) is 5.96 Å². The lowest BCUT2D eigenvalue weighted by atomic mass is 10.0. The maximum Gasteiger partial charge on any atom is 0.193 e. The van der Waals surface area contributed by atoms with Crippen LogP contribution in [-0.2, 0) is 4.74 Å². The van der Waals surface area contributed by atoms with E-state index in [1.807, 2.05) is 19.2 Å². The highest BCUT2D eigenvalue weighted by atomic mass is 16.5. The van der Waals surface area contributed by atoms with Crippen LogP contribution in [0.2, 0.25) is 0 Å². The van der Waals surface area contributed by atoms with Crippen molar-refractivity contribution in [2.75, 3.05) is 65.0 Å². The molecule has 1 saturated heterocycles. The van der Waals surface area contributed by atoms with Crippen LogP contribution in [0.25, 0.3) is 0 Å². The molecule has 0 aromatic heterocycles. The molecule has 1 aromatic carbocycles. The number of hydrogen-bond acceptors (Lipinski definition) is 4. The van der Waals surface area contributed by atoms with Crippen molar-refractivity contribution >= 4 is 11.6 Å². The average molecular weight is 375 g/mol. The Kier molecular flexibility index (Phi) is 6.83. The van der Waals surface area contributed by atoms with Crippen LogP contribution in [0.1, 0.15) is 26.2 Å². The summed E-state index contributed by atoms with van der Waals surface area (Å²) in [6, 6.07) is 8.25. The van der Waals surface area contributed by atoms with E-state index in [9.17, 15) is 0 Å². The Labute approximate surface area is 163 Å². The number of anilines is 1. The van der Waals surface area contributed by atoms with Crippen molar-refractivity contribution in [2.24, 2.45) is 10.4 Å². The van der Waals surface area contributed by atoms with Crippen molar-refractivity contribution in [2.45, 2.75) is 26.2 Å². The smallest absolute Gasteiger partial charge is 0.193 e. The SMILES string of the molecule is CCOCCC1(CNC(=NC)N2CCN(c3ccccc3OC)CC2)CC1. The van der Waals surface area contributed by atoms with Crippen molar-refractivity contribution in [3.05, 3.63) is 24.3 Å². The molecule has 150 valence electrons. The first-order valence-electron chi connectivity index (χ1n) is 10.1. The molecule has 2 fully saturated rings. The maximum atomic E-state index is 5.55. The van der Waals surface area contributed by atoms with Gasteiger partial charge in [-0.25, -0.2) is 0 Å². The highest BCUT2D eigenvalue weighted by Gasteiger charge is 2.42. The van der Waals surface area contributed by atoms with Crippen LogP contribution in [0.15, 0.2) is 29.3 Å². The molecule has 6 nitrogen and oxygen atoms in total. The molecule has 0 unspecified atom stereocenters. The Balaban J connectivity index is 1.49. The predicted molar refractivity (Wildman–Crippen MR) is 111 cm³/mol. The zero-order valence-electron chi connectivity index (χ0n) is 17.0. The van der Waals surface area contributed by atoms with Gasteiger partial charge in [0, 0.05) is 53.0 Å². The Bertz CT molecular complexity index is 622. The number of nitrogens with zero attached hydrogens (tertiary/aromatic N) is 3. The number of nitrogens with one attached hydrogen (secondary N) is 1. The summed E-state index contributed by atoms with van der Waals surface area (Å²) in [7, 11) is 3.62. The summed E-state index contributed by atoms with van der Waals surface area (Å²) >= 11 is 0. The number of piperazine rings is 1. The van der Waals surface area contributed by atoms with Gasteiger partial charge in [-0.15, -0.1) is 0 Å². The van der Waals surface area contributed by atoms with Crippen molar-refractivity contribution in [1.82, 2.24) is 10.2 Å². The van der Waals surface area contributed by atoms with Crippen LogP contribution in [0.4, 0.5) is 5.69 Å². The van der Waals surface area contributed by atoms with E-state index >= 15 is 0 Å². The van der Waals surface area contributed by atoms with Gasteiger partial charge in [0.25, 0.3) is 0 Å². The van der Waals surface area contributed by atoms with E-state index in [-0.39, 0.29) is 0 Å². The summed E-state index contributed by atoms with van der Waals surface area (Å²) in [6.07, 6.45) is 3.74. The van der Waals surface area contributed by atoms with Crippen LogP contribution >= 0.6 is 0 Å². The summed E-state index contributed by atoms with van der Waals surface area (Å²) < 4.78 is 11.1. The largest absolute Gasteiger partial charge is 0.495 e. The first-order chi connectivity index (χ1) is 13.2. The lowest BCUT2D eigenvalue weighted by molar-refractivity contribution is 0.128. The van der Waals surface area contributed by atoms with Crippen molar-refractivity contribution in [3.8, 4) is 5.75 Å². The zero-order valence-corrected chi connectivity index (χ0v) is 17.0. The lowest BCUT2D eigenvalue weighted by Gasteiger charge is -2.38. The van der Waals surface area contributed by atoms with E-state index < -0.39 is 0 Å². The Morgan fingerprint density at radius 3 is 2.56 bits per heavy atom. The molecule has 6 heteroatoms. The van der Waals surface area contributed by atoms with Crippen molar-refractivity contribution in [1.29, 1.82) is 0 Å². The summed E-state index contributed by atoms with van der Waals surface area (Å²) in [5.41, 5.74) is 1.60. The number of hydrogen-bond donors (Lipinski definition) is 1. The van der Waals surface area contributed by atoms with Crippen LogP contribution in [-0.4, -0.2) is 71.0 Å². The van der Waals surface area contributed by atoms with E-state index in [2.05, 4.69) is 39.2 Å². The molecule has 0 amide bonds. The van der Waals surface area contributed by atoms with Gasteiger partial charge < -0.3 is 24.6 Å². The highest BCUT2D eigenvalue weighted by molar-refractivity contribution is 5.80. The highest BCUT2D eigenvalue weighted by Crippen LogP contribution is 2.48. The number of para-hydroxylation sites is 2. The second-order valence-corrected chi connectivity index (χ2v) is 7.49. The summed E-state index contributed by atoms with van der Waals surface area (Å²) in [6.45, 7) is 8.60. The number of benzene rings is 1. The first-order valence-corrected chi connectivity index (χ1v) is 10.1. The molecule has 27 heavy (non-hydrogen) atoms. The van der Waals surface area contributed by atoms with Gasteiger partial charge in [0.05, 0.1) is 12.8 Å². The third-order valence-electron chi connectivity index (χ3n) is 5.78. The van der Waals surface area contributed by atoms with Gasteiger partial charge >= 0.3 is 0 Å². The number of guanidine groups is 1. The number of ether oxygens (including phenoxy) is 2. The Hall–Kier alpha value is -1.95. The molecule has 1 aliphatic heterocycles. The summed E-state index contributed by atoms with van der Waals surface area (Å²) in [5.74, 6) is 1.97. The molecular weight excluding hydrogens is 340 g/mol. The summed E-state index contributed by atoms with van der Waals surface area (Å²) in [5, 5.41) is 3.62. The molecule has 0 radical (unpaired) electrons. The molecule has 3 rings (SSSR count). The molecule has 0 atom stereocenters. The van der Waals surface area contributed by atoms with Gasteiger partial charge in [-0.2, -0.15) is 0 Å². The van der Waals surface area contributed by atoms with E-state index in [4.69, 9.17) is 9.47 Å². The molecule has 1 N–H and O–H groups in total. The topological polar surface area (TPSA) is 49.3 Å². The van der Waals surface area contributed by atoms with E-state index in [1.54, 1.807) is 7.11 Å². The molecule has 1 saturated carbocycles. The lowest BCUT2D eigenvalue weighted by Crippen LogP contribution is -2.53. The third-order valence-corrected chi connectivity index (χ3v) is 5.78. The van der Waals surface area contributed by atoms with Crippen LogP contribution < -0.4 is 15.0 Å². The predicted octanol–water partition coefficient (Wildman–Crippen LogP) is 2.60. The van der Waals surface area contributed by atoms with Gasteiger partial charge in [0.2, 0.25) is 0 Å². The van der Waals surface area contributed by atoms with Crippen LogP contribution in [0.3, 0.4) is 0 Å². The van der Waals surface area contributed by atoms with Crippen LogP contribution in [0, 0.1) is 5.41 Å². The fourth-order valence-electron chi connectivity index (χ4n) is 3.77. The fourth-order valence-corrected chi connectivity index (χ4v) is 3.77. The van der Waals surface area contributed by atoms with E-state index in [1.165, 1.54) is 18.5 Å². The average Bonchev–Trinajstić information content (AvgIpc) is 3.49. The molecule has 0 spiro atoms. The van der Waals surface area contributed by atoms with Crippen molar-refractivity contribution < 1.29 is 9.47 Å².